The second-order valence-electron chi connectivity index (χ2n) is 8.17. The second kappa shape index (κ2) is 10.4. The van der Waals surface area contributed by atoms with E-state index in [4.69, 9.17) is 30.8 Å². The standard InChI is InChI=1S/C26H29ClN2O4/c1-4-17(5-2)26(30)29(9-10-31-3)15-20-11-19-13-23-24(33-16-32-23)14-22(19)28-25(20)18-7-6-8-21(27)12-18/h6-8,11-14,17H,4-5,9-10,15-16H2,1-3H3. The van der Waals surface area contributed by atoms with E-state index < -0.39 is 0 Å². The van der Waals surface area contributed by atoms with E-state index in [9.17, 15) is 4.79 Å². The van der Waals surface area contributed by atoms with E-state index in [1.807, 2.05) is 41.3 Å². The molecular formula is C26H29ClN2O4. The minimum atomic E-state index is -0.0151. The van der Waals surface area contributed by atoms with Gasteiger partial charge in [-0.1, -0.05) is 37.6 Å². The van der Waals surface area contributed by atoms with Crippen LogP contribution in [0.2, 0.25) is 5.02 Å². The van der Waals surface area contributed by atoms with Crippen LogP contribution in [0.25, 0.3) is 22.2 Å². The Morgan fingerprint density at radius 1 is 1.15 bits per heavy atom. The molecule has 0 aliphatic carbocycles. The van der Waals surface area contributed by atoms with E-state index in [1.165, 1.54) is 0 Å². The molecule has 7 heteroatoms. The summed E-state index contributed by atoms with van der Waals surface area (Å²) < 4.78 is 16.4. The molecule has 0 unspecified atom stereocenters. The molecule has 0 fully saturated rings. The first kappa shape index (κ1) is 23.3. The third kappa shape index (κ3) is 5.07. The van der Waals surface area contributed by atoms with Gasteiger partial charge in [0.15, 0.2) is 11.5 Å². The van der Waals surface area contributed by atoms with Gasteiger partial charge in [-0.2, -0.15) is 0 Å². The maximum absolute atomic E-state index is 13.3. The van der Waals surface area contributed by atoms with Crippen molar-refractivity contribution in [2.75, 3.05) is 27.1 Å². The number of ether oxygens (including phenoxy) is 3. The summed E-state index contributed by atoms with van der Waals surface area (Å²) in [4.78, 5) is 20.2. The number of methoxy groups -OCH3 is 1. The first-order valence-corrected chi connectivity index (χ1v) is 11.7. The number of amides is 1. The number of fused-ring (bicyclic) bond motifs is 2. The van der Waals surface area contributed by atoms with Crippen molar-refractivity contribution in [1.29, 1.82) is 0 Å². The summed E-state index contributed by atoms with van der Waals surface area (Å²) in [6.07, 6.45) is 1.61. The lowest BCUT2D eigenvalue weighted by Crippen LogP contribution is -2.37. The third-order valence-electron chi connectivity index (χ3n) is 6.06. The summed E-state index contributed by atoms with van der Waals surface area (Å²) in [5.74, 6) is 1.51. The van der Waals surface area contributed by atoms with Crippen LogP contribution in [0.1, 0.15) is 32.3 Å². The van der Waals surface area contributed by atoms with Gasteiger partial charge in [0.1, 0.15) is 0 Å². The van der Waals surface area contributed by atoms with Crippen LogP contribution in [0, 0.1) is 5.92 Å². The molecule has 2 aromatic carbocycles. The van der Waals surface area contributed by atoms with Gasteiger partial charge in [-0.05, 0) is 42.7 Å². The quantitative estimate of drug-likeness (QED) is 0.403. The summed E-state index contributed by atoms with van der Waals surface area (Å²) >= 11 is 6.30. The Bertz CT molecular complexity index is 1150. The molecular weight excluding hydrogens is 440 g/mol. The zero-order valence-corrected chi connectivity index (χ0v) is 20.0. The minimum absolute atomic E-state index is 0.0151. The Morgan fingerprint density at radius 3 is 2.61 bits per heavy atom. The van der Waals surface area contributed by atoms with Gasteiger partial charge in [-0.15, -0.1) is 0 Å². The van der Waals surface area contributed by atoms with Gasteiger partial charge in [0, 0.05) is 48.2 Å². The van der Waals surface area contributed by atoms with Gasteiger partial charge in [0.2, 0.25) is 12.7 Å². The largest absolute Gasteiger partial charge is 0.454 e. The number of nitrogens with zero attached hydrogens (tertiary/aromatic N) is 2. The predicted molar refractivity (Wildman–Crippen MR) is 130 cm³/mol. The summed E-state index contributed by atoms with van der Waals surface area (Å²) in [6.45, 7) is 5.72. The fourth-order valence-corrected chi connectivity index (χ4v) is 4.37. The number of pyridine rings is 1. The van der Waals surface area contributed by atoms with Crippen LogP contribution in [0.15, 0.2) is 42.5 Å². The molecule has 174 valence electrons. The van der Waals surface area contributed by atoms with Crippen LogP contribution in [0.3, 0.4) is 0 Å². The lowest BCUT2D eigenvalue weighted by molar-refractivity contribution is -0.137. The van der Waals surface area contributed by atoms with Crippen molar-refractivity contribution in [3.8, 4) is 22.8 Å². The summed E-state index contributed by atoms with van der Waals surface area (Å²) in [5.41, 5.74) is 3.44. The number of aromatic nitrogens is 1. The topological polar surface area (TPSA) is 60.9 Å². The molecule has 1 aromatic heterocycles. The lowest BCUT2D eigenvalue weighted by Gasteiger charge is -2.27. The zero-order valence-electron chi connectivity index (χ0n) is 19.3. The number of carbonyl (C=O) groups excluding carboxylic acids is 1. The van der Waals surface area contributed by atoms with Crippen molar-refractivity contribution >= 4 is 28.4 Å². The van der Waals surface area contributed by atoms with Gasteiger partial charge >= 0.3 is 0 Å². The molecule has 0 spiro atoms. The first-order valence-electron chi connectivity index (χ1n) is 11.3. The highest BCUT2D eigenvalue weighted by Gasteiger charge is 2.24. The molecule has 1 aliphatic rings. The van der Waals surface area contributed by atoms with Gasteiger partial charge in [0.25, 0.3) is 0 Å². The number of hydrogen-bond donors (Lipinski definition) is 0. The van der Waals surface area contributed by atoms with E-state index in [-0.39, 0.29) is 18.6 Å². The molecule has 0 saturated heterocycles. The maximum atomic E-state index is 13.3. The van der Waals surface area contributed by atoms with Gasteiger partial charge in [-0.25, -0.2) is 4.98 Å². The van der Waals surface area contributed by atoms with E-state index in [1.54, 1.807) is 7.11 Å². The molecule has 6 nitrogen and oxygen atoms in total. The molecule has 4 rings (SSSR count). The molecule has 0 atom stereocenters. The number of rotatable bonds is 9. The number of halogens is 1. The summed E-state index contributed by atoms with van der Waals surface area (Å²) in [7, 11) is 1.65. The molecule has 1 aliphatic heterocycles. The molecule has 1 amide bonds. The highest BCUT2D eigenvalue weighted by Crippen LogP contribution is 2.37. The highest BCUT2D eigenvalue weighted by atomic mass is 35.5. The smallest absolute Gasteiger partial charge is 0.231 e. The Kier molecular flexibility index (Phi) is 7.36. The zero-order chi connectivity index (χ0) is 23.4. The monoisotopic (exact) mass is 468 g/mol. The van der Waals surface area contributed by atoms with E-state index in [2.05, 4.69) is 19.9 Å². The Balaban J connectivity index is 1.81. The molecule has 0 saturated carbocycles. The maximum Gasteiger partial charge on any atom is 0.231 e. The van der Waals surface area contributed by atoms with E-state index in [0.29, 0.717) is 36.2 Å². The summed E-state index contributed by atoms with van der Waals surface area (Å²) in [5, 5.41) is 1.57. The van der Waals surface area contributed by atoms with Gasteiger partial charge < -0.3 is 19.1 Å². The van der Waals surface area contributed by atoms with Crippen molar-refractivity contribution in [1.82, 2.24) is 9.88 Å². The Hall–Kier alpha value is -2.83. The van der Waals surface area contributed by atoms with Crippen LogP contribution in [-0.4, -0.2) is 42.8 Å². The Labute approximate surface area is 199 Å². The molecule has 2 heterocycles. The molecule has 3 aromatic rings. The number of carbonyl (C=O) groups is 1. The van der Waals surface area contributed by atoms with Crippen LogP contribution in [0.5, 0.6) is 11.5 Å². The first-order chi connectivity index (χ1) is 16.0. The van der Waals surface area contributed by atoms with Crippen LogP contribution in [-0.2, 0) is 16.1 Å². The van der Waals surface area contributed by atoms with Crippen molar-refractivity contribution < 1.29 is 19.0 Å². The molecule has 0 radical (unpaired) electrons. The predicted octanol–water partition coefficient (Wildman–Crippen LogP) is 5.70. The SMILES string of the molecule is CCC(CC)C(=O)N(CCOC)Cc1cc2cc3c(cc2nc1-c1cccc(Cl)c1)OCO3. The molecule has 0 bridgehead atoms. The number of benzene rings is 2. The number of hydrogen-bond acceptors (Lipinski definition) is 5. The van der Waals surface area contributed by atoms with Crippen LogP contribution < -0.4 is 9.47 Å². The van der Waals surface area contributed by atoms with E-state index >= 15 is 0 Å². The van der Waals surface area contributed by atoms with Crippen molar-refractivity contribution in [2.45, 2.75) is 33.2 Å². The fraction of sp³-hybridized carbons (Fsp3) is 0.385. The van der Waals surface area contributed by atoms with Crippen molar-refractivity contribution in [2.24, 2.45) is 5.92 Å². The highest BCUT2D eigenvalue weighted by molar-refractivity contribution is 6.30. The second-order valence-corrected chi connectivity index (χ2v) is 8.61. The Morgan fingerprint density at radius 2 is 1.91 bits per heavy atom. The average Bonchev–Trinajstić information content (AvgIpc) is 3.27. The van der Waals surface area contributed by atoms with E-state index in [0.717, 1.165) is 40.6 Å². The van der Waals surface area contributed by atoms with Gasteiger partial charge in [-0.3, -0.25) is 4.79 Å². The summed E-state index contributed by atoms with van der Waals surface area (Å²) in [6, 6.07) is 13.6. The lowest BCUT2D eigenvalue weighted by atomic mass is 9.99. The fourth-order valence-electron chi connectivity index (χ4n) is 4.18. The molecule has 33 heavy (non-hydrogen) atoms. The van der Waals surface area contributed by atoms with Crippen LogP contribution in [0.4, 0.5) is 0 Å². The van der Waals surface area contributed by atoms with Crippen LogP contribution >= 0.6 is 11.6 Å². The average molecular weight is 469 g/mol. The van der Waals surface area contributed by atoms with Crippen molar-refractivity contribution in [3.05, 3.63) is 53.1 Å². The normalized spacial score (nSPS) is 12.5. The minimum Gasteiger partial charge on any atom is -0.454 e. The molecule has 0 N–H and O–H groups in total. The van der Waals surface area contributed by atoms with Gasteiger partial charge in [0.05, 0.1) is 17.8 Å². The van der Waals surface area contributed by atoms with Crippen molar-refractivity contribution in [3.63, 3.8) is 0 Å². The third-order valence-corrected chi connectivity index (χ3v) is 6.29.